The molecule has 2 N–H and O–H groups in total. The Morgan fingerprint density at radius 2 is 1.87 bits per heavy atom. The topological polar surface area (TPSA) is 92.3 Å². The van der Waals surface area contributed by atoms with E-state index >= 15 is 0 Å². The van der Waals surface area contributed by atoms with Crippen LogP contribution in [0.25, 0.3) is 0 Å². The Morgan fingerprint density at radius 3 is 2.42 bits per heavy atom. The summed E-state index contributed by atoms with van der Waals surface area (Å²) in [5.74, 6) is 0.466. The Labute approximate surface area is 202 Å². The molecule has 1 fully saturated rings. The van der Waals surface area contributed by atoms with E-state index in [1.54, 1.807) is 7.05 Å². The van der Waals surface area contributed by atoms with Gasteiger partial charge in [-0.3, -0.25) is 9.79 Å². The van der Waals surface area contributed by atoms with Crippen LogP contribution in [0.5, 0.6) is 0 Å². The lowest BCUT2D eigenvalue weighted by Gasteiger charge is -2.26. The van der Waals surface area contributed by atoms with Crippen LogP contribution in [-0.4, -0.2) is 62.3 Å². The molecule has 2 rings (SSSR count). The Hall–Kier alpha value is -2.04. The van der Waals surface area contributed by atoms with Gasteiger partial charge in [-0.25, -0.2) is 4.79 Å². The van der Waals surface area contributed by atoms with Gasteiger partial charge in [-0.2, -0.15) is 0 Å². The minimum atomic E-state index is -0.580. The molecule has 1 aromatic carbocycles. The minimum absolute atomic E-state index is 0. The summed E-state index contributed by atoms with van der Waals surface area (Å²) in [4.78, 5) is 30.8. The number of nitrogens with zero attached hydrogens (tertiary/aromatic N) is 2. The first kappa shape index (κ1) is 27.0. The molecular formula is C22H35IN4O4. The van der Waals surface area contributed by atoms with Crippen LogP contribution in [0.15, 0.2) is 35.3 Å². The summed E-state index contributed by atoms with van der Waals surface area (Å²) < 4.78 is 10.3. The van der Waals surface area contributed by atoms with Gasteiger partial charge in [0.1, 0.15) is 5.60 Å². The normalized spacial score (nSPS) is 19.8. The highest BCUT2D eigenvalue weighted by Gasteiger charge is 2.37. The van der Waals surface area contributed by atoms with Crippen molar-refractivity contribution in [3.63, 3.8) is 0 Å². The van der Waals surface area contributed by atoms with Crippen LogP contribution >= 0.6 is 24.0 Å². The van der Waals surface area contributed by atoms with Gasteiger partial charge in [0, 0.05) is 26.7 Å². The number of esters is 1. The van der Waals surface area contributed by atoms with Crippen molar-refractivity contribution < 1.29 is 19.1 Å². The molecule has 1 heterocycles. The average Bonchev–Trinajstić information content (AvgIpc) is 3.07. The van der Waals surface area contributed by atoms with Crippen LogP contribution in [0.4, 0.5) is 4.79 Å². The van der Waals surface area contributed by atoms with Gasteiger partial charge in [-0.1, -0.05) is 37.3 Å². The molecule has 0 aromatic heterocycles. The van der Waals surface area contributed by atoms with Crippen LogP contribution in [0, 0.1) is 11.8 Å². The van der Waals surface area contributed by atoms with E-state index in [1.807, 2.05) is 62.9 Å². The highest BCUT2D eigenvalue weighted by atomic mass is 127. The number of amides is 1. The lowest BCUT2D eigenvalue weighted by Crippen LogP contribution is -2.45. The number of methoxy groups -OCH3 is 1. The number of halogens is 1. The van der Waals surface area contributed by atoms with Crippen molar-refractivity contribution in [2.75, 3.05) is 33.8 Å². The fourth-order valence-corrected chi connectivity index (χ4v) is 3.51. The molecule has 0 radical (unpaired) electrons. The molecule has 1 amide bonds. The number of guanidine groups is 1. The Kier molecular flexibility index (Phi) is 10.5. The van der Waals surface area contributed by atoms with Crippen molar-refractivity contribution >= 4 is 42.0 Å². The summed E-state index contributed by atoms with van der Waals surface area (Å²) in [6, 6.07) is 9.39. The maximum Gasteiger partial charge on any atom is 0.408 e. The van der Waals surface area contributed by atoms with Gasteiger partial charge in [0.15, 0.2) is 5.96 Å². The monoisotopic (exact) mass is 546 g/mol. The molecule has 174 valence electrons. The lowest BCUT2D eigenvalue weighted by atomic mass is 9.99. The van der Waals surface area contributed by atoms with Gasteiger partial charge < -0.3 is 25.0 Å². The summed E-state index contributed by atoms with van der Waals surface area (Å²) in [5.41, 5.74) is 0.372. The Morgan fingerprint density at radius 1 is 1.23 bits per heavy atom. The number of alkyl carbamates (subject to hydrolysis) is 1. The molecule has 3 atom stereocenters. The number of nitrogens with one attached hydrogen (secondary N) is 2. The SMILES string of the molecule is CN=C(NCC(NC(=O)OC(C)(C)C)c1ccccc1)N1CC(C)C(C(=O)OC)C1.I. The zero-order chi connectivity index (χ0) is 22.3. The molecule has 0 spiro atoms. The highest BCUT2D eigenvalue weighted by molar-refractivity contribution is 14.0. The van der Waals surface area contributed by atoms with E-state index < -0.39 is 11.7 Å². The van der Waals surface area contributed by atoms with E-state index in [1.165, 1.54) is 7.11 Å². The van der Waals surface area contributed by atoms with Gasteiger partial charge in [-0.15, -0.1) is 24.0 Å². The van der Waals surface area contributed by atoms with Gasteiger partial charge >= 0.3 is 12.1 Å². The van der Waals surface area contributed by atoms with Crippen LogP contribution < -0.4 is 10.6 Å². The van der Waals surface area contributed by atoms with E-state index in [0.29, 0.717) is 25.6 Å². The van der Waals surface area contributed by atoms with Gasteiger partial charge in [0.25, 0.3) is 0 Å². The second kappa shape index (κ2) is 12.1. The zero-order valence-electron chi connectivity index (χ0n) is 19.2. The maximum absolute atomic E-state index is 12.4. The predicted molar refractivity (Wildman–Crippen MR) is 132 cm³/mol. The number of aliphatic imine (C=N–C) groups is 1. The minimum Gasteiger partial charge on any atom is -0.469 e. The smallest absolute Gasteiger partial charge is 0.408 e. The lowest BCUT2D eigenvalue weighted by molar-refractivity contribution is -0.146. The number of hydrogen-bond donors (Lipinski definition) is 2. The van der Waals surface area contributed by atoms with Crippen LogP contribution in [0.2, 0.25) is 0 Å². The van der Waals surface area contributed by atoms with Crippen molar-refractivity contribution in [1.29, 1.82) is 0 Å². The summed E-state index contributed by atoms with van der Waals surface area (Å²) in [6.45, 7) is 9.19. The van der Waals surface area contributed by atoms with Gasteiger partial charge in [0.05, 0.1) is 19.1 Å². The molecule has 1 aromatic rings. The van der Waals surface area contributed by atoms with Crippen LogP contribution in [0.1, 0.15) is 39.3 Å². The van der Waals surface area contributed by atoms with Crippen molar-refractivity contribution in [3.8, 4) is 0 Å². The zero-order valence-corrected chi connectivity index (χ0v) is 21.5. The third kappa shape index (κ3) is 8.19. The quantitative estimate of drug-likeness (QED) is 0.255. The summed E-state index contributed by atoms with van der Waals surface area (Å²) in [5, 5.41) is 6.26. The summed E-state index contributed by atoms with van der Waals surface area (Å²) in [6.07, 6.45) is -0.478. The molecule has 0 aliphatic carbocycles. The van der Waals surface area contributed by atoms with Gasteiger partial charge in [-0.05, 0) is 32.3 Å². The number of ether oxygens (including phenoxy) is 2. The third-order valence-corrected chi connectivity index (χ3v) is 4.98. The molecule has 3 unspecified atom stereocenters. The van der Waals surface area contributed by atoms with E-state index in [-0.39, 0.29) is 47.8 Å². The molecule has 9 heteroatoms. The van der Waals surface area contributed by atoms with E-state index in [4.69, 9.17) is 9.47 Å². The molecule has 0 bridgehead atoms. The standard InChI is InChI=1S/C22H34N4O4.HI/c1-15-13-26(14-17(15)19(27)29-6)20(23-5)24-12-18(16-10-8-7-9-11-16)25-21(28)30-22(2,3)4;/h7-11,15,17-18H,12-14H2,1-6H3,(H,23,24)(H,25,28);1H. The summed E-state index contributed by atoms with van der Waals surface area (Å²) in [7, 11) is 3.12. The predicted octanol–water partition coefficient (Wildman–Crippen LogP) is 3.19. The van der Waals surface area contributed by atoms with Crippen molar-refractivity contribution in [2.24, 2.45) is 16.8 Å². The number of likely N-dealkylation sites (tertiary alicyclic amines) is 1. The van der Waals surface area contributed by atoms with E-state index in [9.17, 15) is 9.59 Å². The largest absolute Gasteiger partial charge is 0.469 e. The Bertz CT molecular complexity index is 752. The number of carbonyl (C=O) groups is 2. The maximum atomic E-state index is 12.4. The molecule has 1 saturated heterocycles. The second-order valence-electron chi connectivity index (χ2n) is 8.55. The number of hydrogen-bond acceptors (Lipinski definition) is 5. The van der Waals surface area contributed by atoms with Crippen LogP contribution in [0.3, 0.4) is 0 Å². The van der Waals surface area contributed by atoms with E-state index in [0.717, 1.165) is 5.56 Å². The number of carbonyl (C=O) groups excluding carboxylic acids is 2. The van der Waals surface area contributed by atoms with Gasteiger partial charge in [0.2, 0.25) is 0 Å². The van der Waals surface area contributed by atoms with Crippen molar-refractivity contribution in [3.05, 3.63) is 35.9 Å². The fourth-order valence-electron chi connectivity index (χ4n) is 3.51. The number of benzene rings is 1. The molecule has 1 aliphatic heterocycles. The third-order valence-electron chi connectivity index (χ3n) is 4.98. The molecule has 1 aliphatic rings. The fraction of sp³-hybridized carbons (Fsp3) is 0.591. The first-order valence-electron chi connectivity index (χ1n) is 10.2. The molecule has 0 saturated carbocycles. The number of rotatable bonds is 5. The van der Waals surface area contributed by atoms with Crippen LogP contribution in [-0.2, 0) is 14.3 Å². The average molecular weight is 546 g/mol. The van der Waals surface area contributed by atoms with Crippen molar-refractivity contribution in [2.45, 2.75) is 39.3 Å². The van der Waals surface area contributed by atoms with Crippen molar-refractivity contribution in [1.82, 2.24) is 15.5 Å². The first-order chi connectivity index (χ1) is 14.1. The summed E-state index contributed by atoms with van der Waals surface area (Å²) >= 11 is 0. The first-order valence-corrected chi connectivity index (χ1v) is 10.2. The highest BCUT2D eigenvalue weighted by Crippen LogP contribution is 2.24. The second-order valence-corrected chi connectivity index (χ2v) is 8.55. The Balaban J connectivity index is 0.00000480. The molecule has 31 heavy (non-hydrogen) atoms. The molecule has 8 nitrogen and oxygen atoms in total. The molecular weight excluding hydrogens is 511 g/mol. The van der Waals surface area contributed by atoms with E-state index in [2.05, 4.69) is 15.6 Å².